The van der Waals surface area contributed by atoms with E-state index in [9.17, 15) is 18.3 Å². The van der Waals surface area contributed by atoms with Gasteiger partial charge in [-0.05, 0) is 27.2 Å². The number of ether oxygens (including phenoxy) is 2. The molecule has 0 aliphatic rings. The molecular formula is C14H29F3O6Si. The smallest absolute Gasteiger partial charge is 0.388 e. The predicted molar refractivity (Wildman–Crippen MR) is 83.8 cm³/mol. The Morgan fingerprint density at radius 1 is 0.917 bits per heavy atom. The second-order valence-electron chi connectivity index (χ2n) is 4.94. The van der Waals surface area contributed by atoms with E-state index in [-0.39, 0.29) is 6.61 Å². The lowest BCUT2D eigenvalue weighted by atomic mass is 10.4. The lowest BCUT2D eigenvalue weighted by molar-refractivity contribution is -0.180. The minimum Gasteiger partial charge on any atom is -0.388 e. The molecule has 0 aromatic carbocycles. The van der Waals surface area contributed by atoms with Crippen LogP contribution >= 0.6 is 0 Å². The number of halogens is 3. The van der Waals surface area contributed by atoms with E-state index in [1.807, 2.05) is 20.8 Å². The zero-order valence-corrected chi connectivity index (χ0v) is 15.6. The number of hydrogen-bond donors (Lipinski definition) is 1. The van der Waals surface area contributed by atoms with Crippen molar-refractivity contribution in [1.82, 2.24) is 0 Å². The van der Waals surface area contributed by atoms with E-state index in [0.29, 0.717) is 38.9 Å². The summed E-state index contributed by atoms with van der Waals surface area (Å²) in [6, 6.07) is 0.573. The van der Waals surface area contributed by atoms with Gasteiger partial charge in [0.1, 0.15) is 12.7 Å². The largest absolute Gasteiger partial charge is 0.501 e. The predicted octanol–water partition coefficient (Wildman–Crippen LogP) is 2.38. The summed E-state index contributed by atoms with van der Waals surface area (Å²) in [6.45, 7) is 5.49. The molecule has 146 valence electrons. The molecule has 0 aliphatic heterocycles. The van der Waals surface area contributed by atoms with E-state index in [1.54, 1.807) is 0 Å². The van der Waals surface area contributed by atoms with Gasteiger partial charge in [0.2, 0.25) is 0 Å². The van der Waals surface area contributed by atoms with Crippen LogP contribution in [0.4, 0.5) is 13.2 Å². The Kier molecular flexibility index (Phi) is 12.9. The van der Waals surface area contributed by atoms with Gasteiger partial charge in [-0.25, -0.2) is 0 Å². The molecule has 0 saturated carbocycles. The standard InChI is InChI=1S/C14H29F3O6Si/c1-4-21-24(22-5-2,23-6-3)9-7-8-19-10-13(18)11-20-12-14(15,16)17/h13,18H,4-12H2,1-3H3. The number of rotatable bonds is 15. The quantitative estimate of drug-likeness (QED) is 0.349. The summed E-state index contributed by atoms with van der Waals surface area (Å²) in [5, 5.41) is 9.48. The van der Waals surface area contributed by atoms with Crippen LogP contribution in [-0.2, 0) is 22.8 Å². The minimum atomic E-state index is -4.40. The molecule has 0 spiro atoms. The maximum absolute atomic E-state index is 11.9. The van der Waals surface area contributed by atoms with Crippen molar-refractivity contribution in [3.05, 3.63) is 0 Å². The molecule has 0 heterocycles. The van der Waals surface area contributed by atoms with E-state index < -0.39 is 34.3 Å². The summed E-state index contributed by atoms with van der Waals surface area (Å²) in [5.74, 6) is 0. The molecule has 0 fully saturated rings. The monoisotopic (exact) mass is 378 g/mol. The molecular weight excluding hydrogens is 349 g/mol. The highest BCUT2D eigenvalue weighted by Crippen LogP contribution is 2.18. The first kappa shape index (κ1) is 23.8. The third kappa shape index (κ3) is 12.2. The lowest BCUT2D eigenvalue weighted by Gasteiger charge is -2.28. The molecule has 1 unspecified atom stereocenters. The van der Waals surface area contributed by atoms with E-state index in [0.717, 1.165) is 0 Å². The van der Waals surface area contributed by atoms with Gasteiger partial charge in [-0.1, -0.05) is 0 Å². The van der Waals surface area contributed by atoms with Crippen LogP contribution in [-0.4, -0.2) is 72.4 Å². The van der Waals surface area contributed by atoms with Crippen molar-refractivity contribution in [3.8, 4) is 0 Å². The first-order chi connectivity index (χ1) is 11.3. The molecule has 24 heavy (non-hydrogen) atoms. The summed E-state index contributed by atoms with van der Waals surface area (Å²) in [5.41, 5.74) is 0. The molecule has 0 bridgehead atoms. The summed E-state index contributed by atoms with van der Waals surface area (Å²) >= 11 is 0. The number of aliphatic hydroxyl groups excluding tert-OH is 1. The highest BCUT2D eigenvalue weighted by Gasteiger charge is 2.39. The fourth-order valence-corrected chi connectivity index (χ4v) is 4.55. The van der Waals surface area contributed by atoms with Crippen molar-refractivity contribution in [1.29, 1.82) is 0 Å². The molecule has 0 radical (unpaired) electrons. The van der Waals surface area contributed by atoms with Crippen LogP contribution < -0.4 is 0 Å². The summed E-state index contributed by atoms with van der Waals surface area (Å²) in [6.07, 6.45) is -4.89. The van der Waals surface area contributed by atoms with Crippen molar-refractivity contribution in [3.63, 3.8) is 0 Å². The van der Waals surface area contributed by atoms with E-state index >= 15 is 0 Å². The third-order valence-electron chi connectivity index (χ3n) is 2.75. The molecule has 1 N–H and O–H groups in total. The van der Waals surface area contributed by atoms with Crippen molar-refractivity contribution >= 4 is 8.80 Å². The van der Waals surface area contributed by atoms with Gasteiger partial charge in [0, 0.05) is 32.5 Å². The van der Waals surface area contributed by atoms with E-state index in [2.05, 4.69) is 4.74 Å². The van der Waals surface area contributed by atoms with Crippen LogP contribution in [0.5, 0.6) is 0 Å². The minimum absolute atomic E-state index is 0.0929. The zero-order valence-electron chi connectivity index (χ0n) is 14.6. The van der Waals surface area contributed by atoms with Crippen LogP contribution in [0.2, 0.25) is 6.04 Å². The maximum atomic E-state index is 11.9. The number of aliphatic hydroxyl groups is 1. The first-order valence-corrected chi connectivity index (χ1v) is 10.0. The molecule has 0 saturated heterocycles. The lowest BCUT2D eigenvalue weighted by Crippen LogP contribution is -2.46. The molecule has 1 atom stereocenters. The van der Waals surface area contributed by atoms with Crippen LogP contribution in [0.3, 0.4) is 0 Å². The Morgan fingerprint density at radius 3 is 1.88 bits per heavy atom. The molecule has 0 aromatic heterocycles. The van der Waals surface area contributed by atoms with Crippen LogP contribution in [0.15, 0.2) is 0 Å². The fourth-order valence-electron chi connectivity index (χ4n) is 1.97. The highest BCUT2D eigenvalue weighted by molar-refractivity contribution is 6.60. The molecule has 10 heteroatoms. The average Bonchev–Trinajstić information content (AvgIpc) is 2.46. The van der Waals surface area contributed by atoms with Crippen LogP contribution in [0.25, 0.3) is 0 Å². The Labute approximate surface area is 142 Å². The Bertz CT molecular complexity index is 290. The second kappa shape index (κ2) is 13.0. The van der Waals surface area contributed by atoms with Crippen molar-refractivity contribution in [2.24, 2.45) is 0 Å². The van der Waals surface area contributed by atoms with Gasteiger partial charge in [-0.2, -0.15) is 13.2 Å². The molecule has 0 amide bonds. The first-order valence-electron chi connectivity index (χ1n) is 8.10. The van der Waals surface area contributed by atoms with Crippen molar-refractivity contribution in [2.45, 2.75) is 45.5 Å². The van der Waals surface area contributed by atoms with Gasteiger partial charge in [0.15, 0.2) is 0 Å². The Balaban J connectivity index is 3.95. The average molecular weight is 378 g/mol. The van der Waals surface area contributed by atoms with Crippen LogP contribution in [0.1, 0.15) is 27.2 Å². The van der Waals surface area contributed by atoms with Gasteiger partial charge >= 0.3 is 15.0 Å². The highest BCUT2D eigenvalue weighted by atomic mass is 28.4. The van der Waals surface area contributed by atoms with Gasteiger partial charge in [0.25, 0.3) is 0 Å². The summed E-state index contributed by atoms with van der Waals surface area (Å²) in [4.78, 5) is 0. The second-order valence-corrected chi connectivity index (χ2v) is 7.68. The van der Waals surface area contributed by atoms with Crippen LogP contribution in [0, 0.1) is 0 Å². The van der Waals surface area contributed by atoms with Crippen molar-refractivity contribution in [2.75, 3.05) is 46.2 Å². The molecule has 0 rings (SSSR count). The topological polar surface area (TPSA) is 66.4 Å². The van der Waals surface area contributed by atoms with Gasteiger partial charge in [-0.15, -0.1) is 0 Å². The summed E-state index contributed by atoms with van der Waals surface area (Å²) in [7, 11) is -2.71. The normalized spacial score (nSPS) is 14.1. The van der Waals surface area contributed by atoms with E-state index in [1.165, 1.54) is 0 Å². The molecule has 0 aromatic rings. The van der Waals surface area contributed by atoms with Gasteiger partial charge in [-0.3, -0.25) is 0 Å². The number of alkyl halides is 3. The number of hydrogen-bond acceptors (Lipinski definition) is 6. The zero-order chi connectivity index (χ0) is 18.5. The van der Waals surface area contributed by atoms with E-state index in [4.69, 9.17) is 18.0 Å². The molecule has 0 aliphatic carbocycles. The SMILES string of the molecule is CCO[Si](CCCOCC(O)COCC(F)(F)F)(OCC)OCC. The van der Waals surface area contributed by atoms with Gasteiger partial charge < -0.3 is 27.9 Å². The Morgan fingerprint density at radius 2 is 1.42 bits per heavy atom. The van der Waals surface area contributed by atoms with Crippen molar-refractivity contribution < 1.29 is 41.0 Å². The maximum Gasteiger partial charge on any atom is 0.501 e. The van der Waals surface area contributed by atoms with Gasteiger partial charge in [0.05, 0.1) is 13.2 Å². The Hall–Kier alpha value is -0.233. The fraction of sp³-hybridized carbons (Fsp3) is 1.00. The summed E-state index contributed by atoms with van der Waals surface area (Å²) < 4.78 is 62.3. The molecule has 6 nitrogen and oxygen atoms in total. The third-order valence-corrected chi connectivity index (χ3v) is 5.90.